The fraction of sp³-hybridized carbons (Fsp3) is 0.417. The van der Waals surface area contributed by atoms with Crippen molar-refractivity contribution in [2.45, 2.75) is 26.0 Å². The van der Waals surface area contributed by atoms with Gasteiger partial charge in [0.2, 0.25) is 0 Å². The summed E-state index contributed by atoms with van der Waals surface area (Å²) in [7, 11) is 0. The molecule has 5 rings (SSSR count). The van der Waals surface area contributed by atoms with Crippen molar-refractivity contribution in [2.75, 3.05) is 44.6 Å². The number of amides is 1. The first-order valence-electron chi connectivity index (χ1n) is 11.7. The summed E-state index contributed by atoms with van der Waals surface area (Å²) in [4.78, 5) is 28.1. The second-order valence-corrected chi connectivity index (χ2v) is 10.4. The Morgan fingerprint density at radius 3 is 2.74 bits per heavy atom. The van der Waals surface area contributed by atoms with Crippen molar-refractivity contribution in [1.29, 1.82) is 0 Å². The van der Waals surface area contributed by atoms with Gasteiger partial charge in [-0.2, -0.15) is 5.10 Å². The van der Waals surface area contributed by atoms with Crippen LogP contribution >= 0.6 is 11.3 Å². The summed E-state index contributed by atoms with van der Waals surface area (Å²) in [5.74, 6) is 1.08. The van der Waals surface area contributed by atoms with Crippen LogP contribution in [0.3, 0.4) is 0 Å². The number of hydrogen-bond acceptors (Lipinski definition) is 9. The largest absolute Gasteiger partial charge is 0.395 e. The van der Waals surface area contributed by atoms with E-state index in [2.05, 4.69) is 26.5 Å². The molecule has 0 aliphatic carbocycles. The van der Waals surface area contributed by atoms with Crippen molar-refractivity contribution in [3.8, 4) is 11.4 Å². The van der Waals surface area contributed by atoms with E-state index in [0.717, 1.165) is 51.2 Å². The van der Waals surface area contributed by atoms with Crippen LogP contribution < -0.4 is 5.32 Å². The minimum atomic E-state index is -1.34. The van der Waals surface area contributed by atoms with Gasteiger partial charge in [-0.05, 0) is 26.0 Å². The van der Waals surface area contributed by atoms with Crippen molar-refractivity contribution < 1.29 is 15.0 Å². The van der Waals surface area contributed by atoms with E-state index in [4.69, 9.17) is 9.97 Å². The SMILES string of the molecule is CC(C)(O)C(=O)N1CCN(Cc2cc3c(NCCO)nc(-c4cccc5[nH]ncc45)nc3s2)CC1. The number of H-pyrrole nitrogens is 1. The predicted octanol–water partition coefficient (Wildman–Crippen LogP) is 2.05. The molecule has 11 heteroatoms. The Labute approximate surface area is 206 Å². The van der Waals surface area contributed by atoms with Crippen molar-refractivity contribution in [1.82, 2.24) is 30.0 Å². The van der Waals surface area contributed by atoms with Gasteiger partial charge in [0.1, 0.15) is 16.2 Å². The topological polar surface area (TPSA) is 130 Å². The monoisotopic (exact) mass is 495 g/mol. The molecule has 4 aromatic rings. The van der Waals surface area contributed by atoms with Crippen LogP contribution in [0.4, 0.5) is 5.82 Å². The molecule has 1 amide bonds. The molecule has 0 bridgehead atoms. The Morgan fingerprint density at radius 2 is 2.00 bits per heavy atom. The summed E-state index contributed by atoms with van der Waals surface area (Å²) in [6.07, 6.45) is 1.78. The summed E-state index contributed by atoms with van der Waals surface area (Å²) in [6.45, 7) is 6.87. The van der Waals surface area contributed by atoms with Crippen LogP contribution in [0.25, 0.3) is 32.5 Å². The van der Waals surface area contributed by atoms with E-state index in [0.29, 0.717) is 31.3 Å². The number of aromatic nitrogens is 4. The van der Waals surface area contributed by atoms with Crippen molar-refractivity contribution in [3.05, 3.63) is 35.3 Å². The molecular formula is C24H29N7O3S. The molecule has 0 saturated carbocycles. The number of carbonyl (C=O) groups is 1. The lowest BCUT2D eigenvalue weighted by molar-refractivity contribution is -0.149. The third-order valence-corrected chi connectivity index (χ3v) is 7.15. The second kappa shape index (κ2) is 9.50. The minimum Gasteiger partial charge on any atom is -0.395 e. The van der Waals surface area contributed by atoms with E-state index in [-0.39, 0.29) is 12.5 Å². The zero-order valence-electron chi connectivity index (χ0n) is 19.8. The van der Waals surface area contributed by atoms with Crippen molar-refractivity contribution in [2.24, 2.45) is 0 Å². The molecule has 0 atom stereocenters. The first-order valence-corrected chi connectivity index (χ1v) is 12.5. The number of hydrogen-bond donors (Lipinski definition) is 4. The first-order chi connectivity index (χ1) is 16.8. The lowest BCUT2D eigenvalue weighted by Crippen LogP contribution is -2.53. The van der Waals surface area contributed by atoms with Gasteiger partial charge in [0.15, 0.2) is 5.82 Å². The van der Waals surface area contributed by atoms with Gasteiger partial charge in [0, 0.05) is 55.1 Å². The number of nitrogens with one attached hydrogen (secondary N) is 2. The molecule has 1 fully saturated rings. The van der Waals surface area contributed by atoms with Gasteiger partial charge in [-0.25, -0.2) is 9.97 Å². The van der Waals surface area contributed by atoms with Crippen molar-refractivity contribution in [3.63, 3.8) is 0 Å². The lowest BCUT2D eigenvalue weighted by atomic mass is 10.1. The molecule has 184 valence electrons. The summed E-state index contributed by atoms with van der Waals surface area (Å²) in [6, 6.07) is 8.01. The highest BCUT2D eigenvalue weighted by Gasteiger charge is 2.31. The van der Waals surface area contributed by atoms with E-state index in [1.165, 1.54) is 13.8 Å². The number of thiophene rings is 1. The standard InChI is InChI=1S/C24H29N7O3S/c1-24(2,34)23(33)31-9-7-30(8-10-31)14-15-12-17-20(25-6-11-32)27-21(28-22(17)35-15)16-4-3-5-19-18(16)13-26-29-19/h3-5,12-13,32,34H,6-11,14H2,1-2H3,(H,26,29)(H,25,27,28). The van der Waals surface area contributed by atoms with Crippen LogP contribution in [-0.4, -0.2) is 91.0 Å². The van der Waals surface area contributed by atoms with E-state index >= 15 is 0 Å². The number of rotatable bonds is 7. The number of aromatic amines is 1. The summed E-state index contributed by atoms with van der Waals surface area (Å²) in [5, 5.41) is 31.6. The van der Waals surface area contributed by atoms with Gasteiger partial charge in [0.25, 0.3) is 5.91 Å². The molecule has 10 nitrogen and oxygen atoms in total. The Bertz CT molecular complexity index is 1350. The molecule has 0 radical (unpaired) electrons. The number of nitrogens with zero attached hydrogens (tertiary/aromatic N) is 5. The normalized spacial score (nSPS) is 15.3. The molecular weight excluding hydrogens is 466 g/mol. The molecule has 0 spiro atoms. The molecule has 1 aliphatic heterocycles. The molecule has 4 N–H and O–H groups in total. The van der Waals surface area contributed by atoms with Crippen LogP contribution in [0.2, 0.25) is 0 Å². The maximum atomic E-state index is 12.4. The van der Waals surface area contributed by atoms with Crippen molar-refractivity contribution >= 4 is 44.2 Å². The van der Waals surface area contributed by atoms with Gasteiger partial charge in [-0.3, -0.25) is 14.8 Å². The zero-order chi connectivity index (χ0) is 24.6. The first kappa shape index (κ1) is 23.6. The summed E-state index contributed by atoms with van der Waals surface area (Å²) in [5.41, 5.74) is 0.473. The van der Waals surface area contributed by atoms with Gasteiger partial charge >= 0.3 is 0 Å². The smallest absolute Gasteiger partial charge is 0.254 e. The summed E-state index contributed by atoms with van der Waals surface area (Å²) < 4.78 is 0. The maximum Gasteiger partial charge on any atom is 0.254 e. The number of aliphatic hydroxyl groups excluding tert-OH is 1. The lowest BCUT2D eigenvalue weighted by Gasteiger charge is -2.36. The molecule has 35 heavy (non-hydrogen) atoms. The molecule has 3 aromatic heterocycles. The van der Waals surface area contributed by atoms with E-state index in [9.17, 15) is 15.0 Å². The Morgan fingerprint density at radius 1 is 1.20 bits per heavy atom. The van der Waals surface area contributed by atoms with Crippen LogP contribution in [0.15, 0.2) is 30.5 Å². The Balaban J connectivity index is 1.40. The van der Waals surface area contributed by atoms with E-state index < -0.39 is 5.60 Å². The molecule has 1 aromatic carbocycles. The average molecular weight is 496 g/mol. The highest BCUT2D eigenvalue weighted by atomic mass is 32.1. The molecule has 0 unspecified atom stereocenters. The van der Waals surface area contributed by atoms with Gasteiger partial charge in [-0.15, -0.1) is 11.3 Å². The number of piperazine rings is 1. The van der Waals surface area contributed by atoms with Crippen LogP contribution in [-0.2, 0) is 11.3 Å². The number of benzene rings is 1. The number of aliphatic hydroxyl groups is 2. The maximum absolute atomic E-state index is 12.4. The number of anilines is 1. The average Bonchev–Trinajstić information content (AvgIpc) is 3.48. The van der Waals surface area contributed by atoms with Gasteiger partial charge < -0.3 is 20.4 Å². The van der Waals surface area contributed by atoms with Crippen LogP contribution in [0.5, 0.6) is 0 Å². The molecule has 1 saturated heterocycles. The zero-order valence-corrected chi connectivity index (χ0v) is 20.6. The van der Waals surface area contributed by atoms with Crippen LogP contribution in [0.1, 0.15) is 18.7 Å². The highest BCUT2D eigenvalue weighted by molar-refractivity contribution is 7.18. The number of fused-ring (bicyclic) bond motifs is 2. The highest BCUT2D eigenvalue weighted by Crippen LogP contribution is 2.34. The molecule has 1 aliphatic rings. The van der Waals surface area contributed by atoms with E-state index in [1.54, 1.807) is 22.4 Å². The Kier molecular flexibility index (Phi) is 6.41. The van der Waals surface area contributed by atoms with Crippen LogP contribution in [0, 0.1) is 0 Å². The summed E-state index contributed by atoms with van der Waals surface area (Å²) >= 11 is 1.63. The minimum absolute atomic E-state index is 0.00276. The Hall–Kier alpha value is -3.12. The fourth-order valence-corrected chi connectivity index (χ4v) is 5.43. The molecule has 4 heterocycles. The number of carbonyl (C=O) groups excluding carboxylic acids is 1. The quantitative estimate of drug-likeness (QED) is 0.307. The third kappa shape index (κ3) is 4.85. The van der Waals surface area contributed by atoms with E-state index in [1.807, 2.05) is 18.2 Å². The van der Waals surface area contributed by atoms with Gasteiger partial charge in [0.05, 0.1) is 23.7 Å². The third-order valence-electron chi connectivity index (χ3n) is 6.14. The predicted molar refractivity (Wildman–Crippen MR) is 136 cm³/mol. The van der Waals surface area contributed by atoms with Gasteiger partial charge in [-0.1, -0.05) is 12.1 Å². The fourth-order valence-electron chi connectivity index (χ4n) is 4.36. The second-order valence-electron chi connectivity index (χ2n) is 9.24.